The topological polar surface area (TPSA) is 72.9 Å². The van der Waals surface area contributed by atoms with Crippen LogP contribution in [0.5, 0.6) is 0 Å². The number of unbranched alkanes of at least 4 members (excludes halogenated alkanes) is 5. The van der Waals surface area contributed by atoms with Gasteiger partial charge in [0.25, 0.3) is 0 Å². The van der Waals surface area contributed by atoms with E-state index >= 15 is 0 Å². The SMILES string of the molecule is CCCCCCCCC(=O)Nc1nn(C)cc1CN. The predicted octanol–water partition coefficient (Wildman–Crippen LogP) is 2.57. The minimum atomic E-state index is 0.0314. The van der Waals surface area contributed by atoms with Crippen molar-refractivity contribution in [1.82, 2.24) is 9.78 Å². The lowest BCUT2D eigenvalue weighted by molar-refractivity contribution is -0.116. The molecule has 1 amide bonds. The smallest absolute Gasteiger partial charge is 0.225 e. The van der Waals surface area contributed by atoms with Gasteiger partial charge in [0.15, 0.2) is 5.82 Å². The molecule has 5 nitrogen and oxygen atoms in total. The number of nitrogens with one attached hydrogen (secondary N) is 1. The Labute approximate surface area is 115 Å². The molecule has 0 spiro atoms. The number of hydrogen-bond acceptors (Lipinski definition) is 3. The van der Waals surface area contributed by atoms with Crippen LogP contribution in [-0.2, 0) is 18.4 Å². The lowest BCUT2D eigenvalue weighted by Gasteiger charge is -2.04. The fourth-order valence-electron chi connectivity index (χ4n) is 2.05. The Kier molecular flexibility index (Phi) is 7.18. The lowest BCUT2D eigenvalue weighted by atomic mass is 10.1. The van der Waals surface area contributed by atoms with E-state index in [4.69, 9.17) is 5.73 Å². The maximum absolute atomic E-state index is 11.8. The van der Waals surface area contributed by atoms with Crippen molar-refractivity contribution in [2.75, 3.05) is 5.32 Å². The third-order valence-corrected chi connectivity index (χ3v) is 3.14. The second-order valence-electron chi connectivity index (χ2n) is 4.95. The molecule has 0 bridgehead atoms. The van der Waals surface area contributed by atoms with E-state index in [2.05, 4.69) is 17.3 Å². The van der Waals surface area contributed by atoms with E-state index in [9.17, 15) is 4.79 Å². The molecule has 0 radical (unpaired) electrons. The molecule has 0 unspecified atom stereocenters. The highest BCUT2D eigenvalue weighted by Gasteiger charge is 2.09. The minimum Gasteiger partial charge on any atom is -0.326 e. The number of nitrogens with two attached hydrogens (primary N) is 1. The normalized spacial score (nSPS) is 10.7. The van der Waals surface area contributed by atoms with Crippen LogP contribution in [0.1, 0.15) is 57.4 Å². The second kappa shape index (κ2) is 8.69. The van der Waals surface area contributed by atoms with Crippen LogP contribution in [-0.4, -0.2) is 15.7 Å². The number of aryl methyl sites for hydroxylation is 1. The van der Waals surface area contributed by atoms with Gasteiger partial charge in [0.2, 0.25) is 5.91 Å². The van der Waals surface area contributed by atoms with Crippen LogP contribution in [0.4, 0.5) is 5.82 Å². The average Bonchev–Trinajstić information content (AvgIpc) is 2.73. The van der Waals surface area contributed by atoms with E-state index < -0.39 is 0 Å². The van der Waals surface area contributed by atoms with Crippen molar-refractivity contribution in [3.8, 4) is 0 Å². The first-order valence-corrected chi connectivity index (χ1v) is 7.19. The molecule has 0 saturated heterocycles. The summed E-state index contributed by atoms with van der Waals surface area (Å²) in [7, 11) is 1.82. The Balaban J connectivity index is 2.23. The maximum Gasteiger partial charge on any atom is 0.225 e. The number of nitrogens with zero attached hydrogens (tertiary/aromatic N) is 2. The van der Waals surface area contributed by atoms with Crippen molar-refractivity contribution in [3.05, 3.63) is 11.8 Å². The second-order valence-corrected chi connectivity index (χ2v) is 4.95. The van der Waals surface area contributed by atoms with Gasteiger partial charge in [-0.2, -0.15) is 5.10 Å². The molecule has 3 N–H and O–H groups in total. The number of carbonyl (C=O) groups is 1. The van der Waals surface area contributed by atoms with E-state index in [0.29, 0.717) is 18.8 Å². The maximum atomic E-state index is 11.8. The van der Waals surface area contributed by atoms with E-state index in [1.54, 1.807) is 4.68 Å². The molecule has 1 aromatic rings. The van der Waals surface area contributed by atoms with Crippen LogP contribution in [0.25, 0.3) is 0 Å². The molecule has 0 aromatic carbocycles. The number of hydrogen-bond donors (Lipinski definition) is 2. The van der Waals surface area contributed by atoms with Gasteiger partial charge in [-0.05, 0) is 6.42 Å². The van der Waals surface area contributed by atoms with Crippen LogP contribution in [0.15, 0.2) is 6.20 Å². The molecule has 0 saturated carbocycles. The zero-order valence-corrected chi connectivity index (χ0v) is 12.1. The largest absolute Gasteiger partial charge is 0.326 e. The van der Waals surface area contributed by atoms with Gasteiger partial charge in [-0.1, -0.05) is 39.0 Å². The van der Waals surface area contributed by atoms with Crippen LogP contribution in [0.2, 0.25) is 0 Å². The molecule has 108 valence electrons. The van der Waals surface area contributed by atoms with Gasteiger partial charge in [0.05, 0.1) is 0 Å². The highest BCUT2D eigenvalue weighted by atomic mass is 16.1. The molecule has 0 atom stereocenters. The standard InChI is InChI=1S/C14H26N4O/c1-3-4-5-6-7-8-9-13(19)16-14-12(10-15)11-18(2)17-14/h11H,3-10,15H2,1-2H3,(H,16,17,19). The Morgan fingerprint density at radius 2 is 2.00 bits per heavy atom. The Morgan fingerprint density at radius 3 is 2.68 bits per heavy atom. The molecule has 5 heteroatoms. The summed E-state index contributed by atoms with van der Waals surface area (Å²) < 4.78 is 1.67. The van der Waals surface area contributed by atoms with Crippen molar-refractivity contribution >= 4 is 11.7 Å². The number of carbonyl (C=O) groups excluding carboxylic acids is 1. The average molecular weight is 266 g/mol. The van der Waals surface area contributed by atoms with Crippen LogP contribution >= 0.6 is 0 Å². The summed E-state index contributed by atoms with van der Waals surface area (Å²) in [6.45, 7) is 2.59. The predicted molar refractivity (Wildman–Crippen MR) is 77.7 cm³/mol. The quantitative estimate of drug-likeness (QED) is 0.675. The summed E-state index contributed by atoms with van der Waals surface area (Å²) in [6.07, 6.45) is 9.50. The van der Waals surface area contributed by atoms with Gasteiger partial charge in [-0.3, -0.25) is 9.48 Å². The number of amides is 1. The lowest BCUT2D eigenvalue weighted by Crippen LogP contribution is -2.13. The highest BCUT2D eigenvalue weighted by molar-refractivity contribution is 5.90. The van der Waals surface area contributed by atoms with Crippen molar-refractivity contribution in [1.29, 1.82) is 0 Å². The minimum absolute atomic E-state index is 0.0314. The highest BCUT2D eigenvalue weighted by Crippen LogP contribution is 2.13. The first-order chi connectivity index (χ1) is 9.17. The molecule has 0 aliphatic heterocycles. The van der Waals surface area contributed by atoms with Gasteiger partial charge in [0.1, 0.15) is 0 Å². The molecule has 19 heavy (non-hydrogen) atoms. The fourth-order valence-corrected chi connectivity index (χ4v) is 2.05. The first kappa shape index (κ1) is 15.7. The first-order valence-electron chi connectivity index (χ1n) is 7.19. The summed E-state index contributed by atoms with van der Waals surface area (Å²) in [4.78, 5) is 11.8. The Hall–Kier alpha value is -1.36. The van der Waals surface area contributed by atoms with E-state index in [1.807, 2.05) is 13.2 Å². The summed E-state index contributed by atoms with van der Waals surface area (Å²) in [5.74, 6) is 0.630. The summed E-state index contributed by atoms with van der Waals surface area (Å²) in [6, 6.07) is 0. The monoisotopic (exact) mass is 266 g/mol. The van der Waals surface area contributed by atoms with Crippen LogP contribution < -0.4 is 11.1 Å². The van der Waals surface area contributed by atoms with E-state index in [1.165, 1.54) is 25.7 Å². The summed E-state index contributed by atoms with van der Waals surface area (Å²) in [5.41, 5.74) is 6.48. The molecular weight excluding hydrogens is 240 g/mol. The van der Waals surface area contributed by atoms with Crippen molar-refractivity contribution in [3.63, 3.8) is 0 Å². The number of anilines is 1. The van der Waals surface area contributed by atoms with E-state index in [-0.39, 0.29) is 5.91 Å². The third-order valence-electron chi connectivity index (χ3n) is 3.14. The Morgan fingerprint density at radius 1 is 1.32 bits per heavy atom. The fraction of sp³-hybridized carbons (Fsp3) is 0.714. The zero-order valence-electron chi connectivity index (χ0n) is 12.1. The van der Waals surface area contributed by atoms with Crippen LogP contribution in [0.3, 0.4) is 0 Å². The molecular formula is C14H26N4O. The van der Waals surface area contributed by atoms with Crippen molar-refractivity contribution in [2.45, 2.75) is 58.4 Å². The van der Waals surface area contributed by atoms with Crippen molar-refractivity contribution < 1.29 is 4.79 Å². The Bertz CT molecular complexity index is 387. The molecule has 0 fully saturated rings. The molecule has 0 aliphatic carbocycles. The molecule has 1 heterocycles. The third kappa shape index (κ3) is 5.87. The summed E-state index contributed by atoms with van der Waals surface area (Å²) in [5, 5.41) is 7.03. The van der Waals surface area contributed by atoms with Crippen molar-refractivity contribution in [2.24, 2.45) is 12.8 Å². The van der Waals surface area contributed by atoms with E-state index in [0.717, 1.165) is 18.4 Å². The molecule has 1 rings (SSSR count). The van der Waals surface area contributed by atoms with Gasteiger partial charge < -0.3 is 11.1 Å². The molecule has 1 aromatic heterocycles. The number of aromatic nitrogens is 2. The molecule has 0 aliphatic rings. The van der Waals surface area contributed by atoms with Gasteiger partial charge in [-0.25, -0.2) is 0 Å². The van der Waals surface area contributed by atoms with Crippen LogP contribution in [0, 0.1) is 0 Å². The van der Waals surface area contributed by atoms with Gasteiger partial charge in [0, 0.05) is 31.8 Å². The number of rotatable bonds is 9. The zero-order chi connectivity index (χ0) is 14.1. The summed E-state index contributed by atoms with van der Waals surface area (Å²) >= 11 is 0. The van der Waals surface area contributed by atoms with Gasteiger partial charge >= 0.3 is 0 Å². The van der Waals surface area contributed by atoms with Gasteiger partial charge in [-0.15, -0.1) is 0 Å².